The number of anilines is 1. The van der Waals surface area contributed by atoms with E-state index in [0.29, 0.717) is 0 Å². The van der Waals surface area contributed by atoms with Gasteiger partial charge < -0.3 is 4.90 Å². The summed E-state index contributed by atoms with van der Waals surface area (Å²) in [6, 6.07) is 0. The maximum absolute atomic E-state index is 4.52. The van der Waals surface area contributed by atoms with Gasteiger partial charge in [0, 0.05) is 44.8 Å². The molecule has 1 saturated heterocycles. The van der Waals surface area contributed by atoms with Crippen LogP contribution in [-0.4, -0.2) is 72.2 Å². The van der Waals surface area contributed by atoms with Gasteiger partial charge in [-0.15, -0.1) is 15.3 Å². The Morgan fingerprint density at radius 3 is 2.87 bits per heavy atom. The van der Waals surface area contributed by atoms with Gasteiger partial charge in [0.1, 0.15) is 6.33 Å². The first-order valence-electron chi connectivity index (χ1n) is 7.86. The van der Waals surface area contributed by atoms with Crippen LogP contribution in [0.3, 0.4) is 0 Å². The summed E-state index contributed by atoms with van der Waals surface area (Å²) in [5.74, 6) is 0.920. The smallest absolute Gasteiger partial charge is 0.203 e. The summed E-state index contributed by atoms with van der Waals surface area (Å²) < 4.78 is 3.79. The van der Waals surface area contributed by atoms with Crippen LogP contribution in [0.5, 0.6) is 0 Å². The molecule has 0 saturated carbocycles. The largest absolute Gasteiger partial charge is 0.352 e. The van der Waals surface area contributed by atoms with Crippen molar-refractivity contribution < 1.29 is 0 Å². The molecule has 0 aromatic carbocycles. The maximum Gasteiger partial charge on any atom is 0.203 e. The van der Waals surface area contributed by atoms with Gasteiger partial charge in [-0.2, -0.15) is 0 Å². The fraction of sp³-hybridized carbons (Fsp3) is 0.500. The van der Waals surface area contributed by atoms with Crippen LogP contribution < -0.4 is 4.90 Å². The molecule has 1 aliphatic rings. The summed E-state index contributed by atoms with van der Waals surface area (Å²) in [4.78, 5) is 9.29. The minimum Gasteiger partial charge on any atom is -0.352 e. The zero-order chi connectivity index (χ0) is 15.5. The zero-order valence-electron chi connectivity index (χ0n) is 12.9. The van der Waals surface area contributed by atoms with Crippen LogP contribution in [0.25, 0.3) is 5.65 Å². The van der Waals surface area contributed by atoms with Crippen LogP contribution in [0, 0.1) is 0 Å². The van der Waals surface area contributed by atoms with E-state index >= 15 is 0 Å². The monoisotopic (exact) mass is 313 g/mol. The highest BCUT2D eigenvalue weighted by Crippen LogP contribution is 2.18. The molecule has 23 heavy (non-hydrogen) atoms. The average Bonchev–Trinajstić information content (AvgIpc) is 3.21. The summed E-state index contributed by atoms with van der Waals surface area (Å²) in [5.41, 5.74) is 0.823. The molecule has 0 bridgehead atoms. The first-order valence-corrected chi connectivity index (χ1v) is 7.86. The molecule has 120 valence electrons. The molecule has 9 nitrogen and oxygen atoms in total. The lowest BCUT2D eigenvalue weighted by Crippen LogP contribution is -2.33. The number of hydrogen-bond donors (Lipinski definition) is 0. The van der Waals surface area contributed by atoms with Gasteiger partial charge in [-0.3, -0.25) is 14.0 Å². The highest BCUT2D eigenvalue weighted by atomic mass is 15.4. The van der Waals surface area contributed by atoms with Crippen molar-refractivity contribution in [2.75, 3.05) is 37.6 Å². The Morgan fingerprint density at radius 2 is 1.96 bits per heavy atom. The zero-order valence-corrected chi connectivity index (χ0v) is 12.9. The Morgan fingerprint density at radius 1 is 0.957 bits per heavy atom. The molecule has 1 aliphatic heterocycles. The Labute approximate surface area is 133 Å². The molecule has 3 aromatic heterocycles. The lowest BCUT2D eigenvalue weighted by atomic mass is 10.3. The quantitative estimate of drug-likeness (QED) is 0.667. The third kappa shape index (κ3) is 3.00. The Hall–Kier alpha value is -2.55. The van der Waals surface area contributed by atoms with Crippen LogP contribution in [0.2, 0.25) is 0 Å². The fourth-order valence-electron chi connectivity index (χ4n) is 2.97. The molecule has 0 radical (unpaired) electrons. The van der Waals surface area contributed by atoms with Crippen molar-refractivity contribution in [1.29, 1.82) is 0 Å². The van der Waals surface area contributed by atoms with Crippen molar-refractivity contribution >= 4 is 11.5 Å². The van der Waals surface area contributed by atoms with Crippen LogP contribution in [0.1, 0.15) is 6.42 Å². The van der Waals surface area contributed by atoms with E-state index in [1.807, 2.05) is 21.5 Å². The average molecular weight is 313 g/mol. The van der Waals surface area contributed by atoms with E-state index in [2.05, 4.69) is 35.3 Å². The van der Waals surface area contributed by atoms with E-state index in [1.54, 1.807) is 18.7 Å². The SMILES string of the molecule is c1cn(CCN2CCCN(c3nccn4cnnc34)CC2)nn1. The number of aromatic nitrogens is 7. The van der Waals surface area contributed by atoms with Gasteiger partial charge in [-0.25, -0.2) is 4.98 Å². The number of fused-ring (bicyclic) bond motifs is 1. The van der Waals surface area contributed by atoms with E-state index in [0.717, 1.165) is 57.2 Å². The molecule has 9 heteroatoms. The molecule has 0 spiro atoms. The van der Waals surface area contributed by atoms with Gasteiger partial charge in [-0.1, -0.05) is 5.21 Å². The first-order chi connectivity index (χ1) is 11.4. The predicted octanol–water partition coefficient (Wildman–Crippen LogP) is -0.0719. The molecule has 1 fully saturated rings. The first kappa shape index (κ1) is 14.1. The van der Waals surface area contributed by atoms with Crippen molar-refractivity contribution in [3.8, 4) is 0 Å². The lowest BCUT2D eigenvalue weighted by Gasteiger charge is -2.22. The molecular formula is C14H19N9. The van der Waals surface area contributed by atoms with Crippen LogP contribution in [0.4, 0.5) is 5.82 Å². The summed E-state index contributed by atoms with van der Waals surface area (Å²) in [6.45, 7) is 5.88. The minimum atomic E-state index is 0.823. The van der Waals surface area contributed by atoms with E-state index in [9.17, 15) is 0 Å². The number of nitrogens with zero attached hydrogens (tertiary/aromatic N) is 9. The summed E-state index contributed by atoms with van der Waals surface area (Å²) in [7, 11) is 0. The van der Waals surface area contributed by atoms with Crippen molar-refractivity contribution in [3.05, 3.63) is 31.1 Å². The van der Waals surface area contributed by atoms with Crippen molar-refractivity contribution in [3.63, 3.8) is 0 Å². The third-order valence-electron chi connectivity index (χ3n) is 4.20. The van der Waals surface area contributed by atoms with Crippen LogP contribution in [0.15, 0.2) is 31.1 Å². The molecule has 0 unspecified atom stereocenters. The van der Waals surface area contributed by atoms with Crippen LogP contribution >= 0.6 is 0 Å². The van der Waals surface area contributed by atoms with Gasteiger partial charge in [0.05, 0.1) is 12.7 Å². The molecule has 3 aromatic rings. The Balaban J connectivity index is 1.42. The lowest BCUT2D eigenvalue weighted by molar-refractivity contribution is 0.275. The predicted molar refractivity (Wildman–Crippen MR) is 84.1 cm³/mol. The van der Waals surface area contributed by atoms with Crippen LogP contribution in [-0.2, 0) is 6.54 Å². The normalized spacial score (nSPS) is 16.8. The highest BCUT2D eigenvalue weighted by molar-refractivity contribution is 5.63. The van der Waals surface area contributed by atoms with Crippen molar-refractivity contribution in [2.45, 2.75) is 13.0 Å². The van der Waals surface area contributed by atoms with E-state index in [4.69, 9.17) is 0 Å². The Kier molecular flexibility index (Phi) is 3.85. The second-order valence-electron chi connectivity index (χ2n) is 5.66. The third-order valence-corrected chi connectivity index (χ3v) is 4.20. The summed E-state index contributed by atoms with van der Waals surface area (Å²) in [5, 5.41) is 16.0. The fourth-order valence-corrected chi connectivity index (χ4v) is 2.97. The van der Waals surface area contributed by atoms with Gasteiger partial charge in [0.15, 0.2) is 5.82 Å². The molecule has 0 aliphatic carbocycles. The second kappa shape index (κ2) is 6.29. The van der Waals surface area contributed by atoms with Crippen molar-refractivity contribution in [2.24, 2.45) is 0 Å². The summed E-state index contributed by atoms with van der Waals surface area (Å²) in [6.07, 6.45) is 10.1. The minimum absolute atomic E-state index is 0.823. The molecular weight excluding hydrogens is 294 g/mol. The van der Waals surface area contributed by atoms with Gasteiger partial charge in [-0.05, 0) is 13.0 Å². The second-order valence-corrected chi connectivity index (χ2v) is 5.66. The topological polar surface area (TPSA) is 80.3 Å². The molecule has 0 atom stereocenters. The van der Waals surface area contributed by atoms with E-state index < -0.39 is 0 Å². The maximum atomic E-state index is 4.52. The molecule has 4 heterocycles. The van der Waals surface area contributed by atoms with Gasteiger partial charge in [0.2, 0.25) is 5.65 Å². The Bertz CT molecular complexity index is 751. The van der Waals surface area contributed by atoms with E-state index in [-0.39, 0.29) is 0 Å². The highest BCUT2D eigenvalue weighted by Gasteiger charge is 2.18. The molecule has 4 rings (SSSR count). The molecule has 0 amide bonds. The standard InChI is InChI=1S/C14H19N9/c1-4-20(9-11-23-7-3-16-19-23)8-10-21(5-1)13-14-18-17-12-22(14)6-2-15-13/h2-3,6-7,12H,1,4-5,8-11H2. The van der Waals surface area contributed by atoms with Crippen molar-refractivity contribution in [1.82, 2.24) is 39.5 Å². The number of rotatable bonds is 4. The molecule has 0 N–H and O–H groups in total. The van der Waals surface area contributed by atoms with Gasteiger partial charge >= 0.3 is 0 Å². The van der Waals surface area contributed by atoms with E-state index in [1.165, 1.54) is 0 Å². The summed E-state index contributed by atoms with van der Waals surface area (Å²) >= 11 is 0. The van der Waals surface area contributed by atoms with Gasteiger partial charge in [0.25, 0.3) is 0 Å². The number of hydrogen-bond acceptors (Lipinski definition) is 7.